The zero-order chi connectivity index (χ0) is 21.3. The molecular formula is C21H16ClF2N5O. The molecule has 0 radical (unpaired) electrons. The average Bonchev–Trinajstić information content (AvgIpc) is 3.30. The molecule has 4 aromatic rings. The Morgan fingerprint density at radius 3 is 2.77 bits per heavy atom. The maximum Gasteiger partial charge on any atom is 0.261 e. The van der Waals surface area contributed by atoms with Crippen molar-refractivity contribution in [2.75, 3.05) is 5.32 Å². The molecule has 9 heteroatoms. The van der Waals surface area contributed by atoms with Crippen LogP contribution in [0.4, 0.5) is 14.7 Å². The largest absolute Gasteiger partial charge is 0.313 e. The Hall–Kier alpha value is -3.52. The second-order valence-corrected chi connectivity index (χ2v) is 7.02. The van der Waals surface area contributed by atoms with E-state index in [0.29, 0.717) is 17.5 Å². The van der Waals surface area contributed by atoms with Crippen LogP contribution in [0.25, 0.3) is 11.3 Å². The number of carbonyl (C=O) groups excluding carboxylic acids is 1. The lowest BCUT2D eigenvalue weighted by Crippen LogP contribution is -2.16. The number of hydrogen-bond acceptors (Lipinski definition) is 3. The first-order valence-corrected chi connectivity index (χ1v) is 9.35. The van der Waals surface area contributed by atoms with Crippen LogP contribution in [-0.2, 0) is 13.6 Å². The predicted octanol–water partition coefficient (Wildman–Crippen LogP) is 4.52. The summed E-state index contributed by atoms with van der Waals surface area (Å²) in [5.74, 6) is -1.73. The fraction of sp³-hybridized carbons (Fsp3) is 0.0952. The van der Waals surface area contributed by atoms with Crippen molar-refractivity contribution in [3.8, 4) is 11.3 Å². The van der Waals surface area contributed by atoms with E-state index in [1.807, 2.05) is 18.2 Å². The van der Waals surface area contributed by atoms with Crippen molar-refractivity contribution in [3.63, 3.8) is 0 Å². The molecule has 2 aromatic carbocycles. The minimum Gasteiger partial charge on any atom is -0.313 e. The van der Waals surface area contributed by atoms with Crippen LogP contribution in [-0.4, -0.2) is 25.2 Å². The Morgan fingerprint density at radius 2 is 2.00 bits per heavy atom. The van der Waals surface area contributed by atoms with E-state index in [9.17, 15) is 13.6 Å². The first-order chi connectivity index (χ1) is 14.4. The van der Waals surface area contributed by atoms with E-state index in [0.717, 1.165) is 17.7 Å². The monoisotopic (exact) mass is 427 g/mol. The van der Waals surface area contributed by atoms with E-state index < -0.39 is 17.5 Å². The molecule has 0 bridgehead atoms. The number of carbonyl (C=O) groups is 1. The second kappa shape index (κ2) is 8.08. The number of benzene rings is 2. The van der Waals surface area contributed by atoms with Gasteiger partial charge < -0.3 is 4.57 Å². The second-order valence-electron chi connectivity index (χ2n) is 6.61. The third-order valence-electron chi connectivity index (χ3n) is 4.50. The first kappa shape index (κ1) is 19.8. The van der Waals surface area contributed by atoms with Crippen LogP contribution in [0.1, 0.15) is 15.9 Å². The molecule has 0 unspecified atom stereocenters. The van der Waals surface area contributed by atoms with Gasteiger partial charge in [-0.25, -0.2) is 13.8 Å². The zero-order valence-electron chi connectivity index (χ0n) is 15.8. The summed E-state index contributed by atoms with van der Waals surface area (Å²) in [6.45, 7) is 0.405. The fourth-order valence-corrected chi connectivity index (χ4v) is 3.27. The molecule has 0 atom stereocenters. The lowest BCUT2D eigenvalue weighted by atomic mass is 10.1. The highest BCUT2D eigenvalue weighted by Gasteiger charge is 2.21. The number of rotatable bonds is 5. The van der Waals surface area contributed by atoms with Gasteiger partial charge in [0.05, 0.1) is 12.1 Å². The molecule has 1 N–H and O–H groups in total. The van der Waals surface area contributed by atoms with Crippen LogP contribution >= 0.6 is 11.6 Å². The molecule has 30 heavy (non-hydrogen) atoms. The third kappa shape index (κ3) is 3.95. The molecule has 152 valence electrons. The number of halogens is 3. The quantitative estimate of drug-likeness (QED) is 0.509. The standard InChI is InChI=1S/C21H16ClF2N5O/c1-28-12-16(19(27-28)15-7-6-14(23)10-18(15)24)20(30)26-21-25-8-9-29(21)11-13-4-2-3-5-17(13)22/h2-10,12H,11H2,1H3,(H,25,26,30). The molecule has 2 aromatic heterocycles. The van der Waals surface area contributed by atoms with Gasteiger partial charge in [-0.2, -0.15) is 5.10 Å². The number of amides is 1. The summed E-state index contributed by atoms with van der Waals surface area (Å²) in [6.07, 6.45) is 4.73. The minimum atomic E-state index is -0.803. The summed E-state index contributed by atoms with van der Waals surface area (Å²) < 4.78 is 30.6. The van der Waals surface area contributed by atoms with Gasteiger partial charge in [0.25, 0.3) is 5.91 Å². The number of hydrogen-bond donors (Lipinski definition) is 1. The Balaban J connectivity index is 1.62. The van der Waals surface area contributed by atoms with Crippen LogP contribution in [0.3, 0.4) is 0 Å². The number of imidazole rings is 1. The minimum absolute atomic E-state index is 0.0292. The van der Waals surface area contributed by atoms with E-state index in [-0.39, 0.29) is 16.8 Å². The molecule has 0 spiro atoms. The molecule has 0 saturated heterocycles. The van der Waals surface area contributed by atoms with Gasteiger partial charge in [0, 0.05) is 42.3 Å². The number of aryl methyl sites for hydroxylation is 1. The van der Waals surface area contributed by atoms with Gasteiger partial charge in [-0.3, -0.25) is 14.8 Å². The van der Waals surface area contributed by atoms with E-state index in [1.165, 1.54) is 16.9 Å². The smallest absolute Gasteiger partial charge is 0.261 e. The van der Waals surface area contributed by atoms with Crippen LogP contribution in [0.15, 0.2) is 61.1 Å². The van der Waals surface area contributed by atoms with Crippen molar-refractivity contribution >= 4 is 23.5 Å². The summed E-state index contributed by atoms with van der Waals surface area (Å²) in [4.78, 5) is 17.1. The van der Waals surface area contributed by atoms with Crippen molar-refractivity contribution in [2.45, 2.75) is 6.54 Å². The molecule has 2 heterocycles. The highest BCUT2D eigenvalue weighted by Crippen LogP contribution is 2.26. The molecule has 1 amide bonds. The van der Waals surface area contributed by atoms with Crippen LogP contribution in [0.2, 0.25) is 5.02 Å². The third-order valence-corrected chi connectivity index (χ3v) is 4.87. The van der Waals surface area contributed by atoms with E-state index in [1.54, 1.807) is 30.1 Å². The van der Waals surface area contributed by atoms with Gasteiger partial charge in [-0.15, -0.1) is 0 Å². The van der Waals surface area contributed by atoms with Gasteiger partial charge in [-0.1, -0.05) is 29.8 Å². The van der Waals surface area contributed by atoms with Gasteiger partial charge in [0.1, 0.15) is 17.3 Å². The SMILES string of the molecule is Cn1cc(C(=O)Nc2nccn2Cc2ccccc2Cl)c(-c2ccc(F)cc2F)n1. The maximum absolute atomic E-state index is 14.3. The van der Waals surface area contributed by atoms with Crippen LogP contribution < -0.4 is 5.32 Å². The highest BCUT2D eigenvalue weighted by atomic mass is 35.5. The van der Waals surface area contributed by atoms with E-state index in [2.05, 4.69) is 15.4 Å². The van der Waals surface area contributed by atoms with Crippen molar-refractivity contribution < 1.29 is 13.6 Å². The summed E-state index contributed by atoms with van der Waals surface area (Å²) in [7, 11) is 1.61. The molecule has 0 fully saturated rings. The number of anilines is 1. The molecule has 4 rings (SSSR count). The summed E-state index contributed by atoms with van der Waals surface area (Å²) in [5, 5.41) is 7.49. The summed E-state index contributed by atoms with van der Waals surface area (Å²) in [5.41, 5.74) is 1.14. The van der Waals surface area contributed by atoms with Crippen molar-refractivity contribution in [1.82, 2.24) is 19.3 Å². The normalized spacial score (nSPS) is 10.9. The van der Waals surface area contributed by atoms with Gasteiger partial charge >= 0.3 is 0 Å². The molecular weight excluding hydrogens is 412 g/mol. The molecule has 0 saturated carbocycles. The Bertz CT molecular complexity index is 1230. The van der Waals surface area contributed by atoms with E-state index >= 15 is 0 Å². The number of nitrogens with one attached hydrogen (secondary N) is 1. The maximum atomic E-state index is 14.3. The lowest BCUT2D eigenvalue weighted by Gasteiger charge is -2.10. The fourth-order valence-electron chi connectivity index (χ4n) is 3.07. The van der Waals surface area contributed by atoms with Crippen molar-refractivity contribution in [2.24, 2.45) is 7.05 Å². The predicted molar refractivity (Wildman–Crippen MR) is 109 cm³/mol. The first-order valence-electron chi connectivity index (χ1n) is 8.97. The molecule has 0 aliphatic heterocycles. The topological polar surface area (TPSA) is 64.7 Å². The zero-order valence-corrected chi connectivity index (χ0v) is 16.6. The highest BCUT2D eigenvalue weighted by molar-refractivity contribution is 6.31. The van der Waals surface area contributed by atoms with Crippen LogP contribution in [0.5, 0.6) is 0 Å². The summed E-state index contributed by atoms with van der Waals surface area (Å²) >= 11 is 6.22. The molecule has 0 aliphatic carbocycles. The van der Waals surface area contributed by atoms with Gasteiger partial charge in [-0.05, 0) is 23.8 Å². The number of aromatic nitrogens is 4. The molecule has 0 aliphatic rings. The van der Waals surface area contributed by atoms with Crippen molar-refractivity contribution in [3.05, 3.63) is 88.8 Å². The molecule has 6 nitrogen and oxygen atoms in total. The van der Waals surface area contributed by atoms with E-state index in [4.69, 9.17) is 11.6 Å². The summed E-state index contributed by atoms with van der Waals surface area (Å²) in [6, 6.07) is 10.5. The Kier molecular flexibility index (Phi) is 5.33. The van der Waals surface area contributed by atoms with Gasteiger partial charge in [0.2, 0.25) is 5.95 Å². The van der Waals surface area contributed by atoms with Gasteiger partial charge in [0.15, 0.2) is 0 Å². The Labute approximate surface area is 175 Å². The van der Waals surface area contributed by atoms with Crippen LogP contribution in [0, 0.1) is 11.6 Å². The number of nitrogens with zero attached hydrogens (tertiary/aromatic N) is 4. The van der Waals surface area contributed by atoms with Crippen molar-refractivity contribution in [1.29, 1.82) is 0 Å². The average molecular weight is 428 g/mol. The Morgan fingerprint density at radius 1 is 1.20 bits per heavy atom. The lowest BCUT2D eigenvalue weighted by molar-refractivity contribution is 0.102.